The zero-order chi connectivity index (χ0) is 18.0. The van der Waals surface area contributed by atoms with Crippen molar-refractivity contribution in [3.8, 4) is 0 Å². The lowest BCUT2D eigenvalue weighted by molar-refractivity contribution is 0.0529. The summed E-state index contributed by atoms with van der Waals surface area (Å²) in [6, 6.07) is 0. The number of hydrogen-bond acceptors (Lipinski definition) is 4. The number of rotatable bonds is 7. The van der Waals surface area contributed by atoms with Gasteiger partial charge in [-0.15, -0.1) is 24.0 Å². The Hall–Kier alpha value is -1.52. The minimum Gasteiger partial charge on any atom is -0.444 e. The molecule has 25 heavy (non-hydrogen) atoms. The van der Waals surface area contributed by atoms with Crippen LogP contribution < -0.4 is 16.0 Å². The predicted molar refractivity (Wildman–Crippen MR) is 111 cm³/mol. The minimum absolute atomic E-state index is 0. The van der Waals surface area contributed by atoms with Crippen LogP contribution in [0.3, 0.4) is 0 Å². The van der Waals surface area contributed by atoms with E-state index in [-0.39, 0.29) is 24.0 Å². The third kappa shape index (κ3) is 11.6. The summed E-state index contributed by atoms with van der Waals surface area (Å²) in [5.74, 6) is 0.729. The molecule has 0 saturated heterocycles. The molecule has 0 unspecified atom stereocenters. The normalized spacial score (nSPS) is 11.5. The van der Waals surface area contributed by atoms with Crippen molar-refractivity contribution in [3.05, 3.63) is 18.0 Å². The summed E-state index contributed by atoms with van der Waals surface area (Å²) >= 11 is 0. The van der Waals surface area contributed by atoms with Gasteiger partial charge in [-0.25, -0.2) is 4.79 Å². The van der Waals surface area contributed by atoms with Crippen LogP contribution in [0.15, 0.2) is 17.4 Å². The Bertz CT molecular complexity index is 539. The third-order valence-electron chi connectivity index (χ3n) is 2.86. The monoisotopic (exact) mass is 466 g/mol. The van der Waals surface area contributed by atoms with E-state index in [2.05, 4.69) is 26.0 Å². The maximum absolute atomic E-state index is 11.5. The number of ether oxygens (including phenoxy) is 1. The molecule has 9 heteroatoms. The molecule has 8 nitrogen and oxygen atoms in total. The van der Waals surface area contributed by atoms with Crippen molar-refractivity contribution in [1.82, 2.24) is 25.7 Å². The van der Waals surface area contributed by atoms with Crippen molar-refractivity contribution in [2.24, 2.45) is 12.0 Å². The lowest BCUT2D eigenvalue weighted by atomic mass is 10.2. The summed E-state index contributed by atoms with van der Waals surface area (Å²) in [6.07, 6.45) is 4.25. The van der Waals surface area contributed by atoms with Gasteiger partial charge in [0.15, 0.2) is 5.96 Å². The average molecular weight is 466 g/mol. The second-order valence-corrected chi connectivity index (χ2v) is 6.39. The van der Waals surface area contributed by atoms with Gasteiger partial charge in [0.05, 0.1) is 6.20 Å². The molecular weight excluding hydrogens is 435 g/mol. The molecular formula is C16H31IN6O2. The molecule has 0 aromatic carbocycles. The molecule has 1 amide bonds. The van der Waals surface area contributed by atoms with Crippen LogP contribution in [0.5, 0.6) is 0 Å². The zero-order valence-electron chi connectivity index (χ0n) is 15.8. The SMILES string of the molecule is CCNC(=NCCc1cnn(C)c1)NCCNC(=O)OC(C)(C)C.I. The fourth-order valence-corrected chi connectivity index (χ4v) is 1.90. The molecule has 1 aromatic heterocycles. The lowest BCUT2D eigenvalue weighted by Gasteiger charge is -2.19. The first-order valence-corrected chi connectivity index (χ1v) is 8.26. The Morgan fingerprint density at radius 1 is 1.28 bits per heavy atom. The molecule has 1 aromatic rings. The van der Waals surface area contributed by atoms with E-state index in [9.17, 15) is 4.79 Å². The molecule has 3 N–H and O–H groups in total. The standard InChI is InChI=1S/C16H30N6O2.HI/c1-6-17-14(18-8-7-13-11-21-22(5)12-13)19-9-10-20-15(23)24-16(2,3)4;/h11-12H,6-10H2,1-5H3,(H,20,23)(H2,17,18,19);1H. The van der Waals surface area contributed by atoms with Gasteiger partial charge < -0.3 is 20.7 Å². The number of alkyl carbamates (subject to hydrolysis) is 1. The number of hydrogen-bond donors (Lipinski definition) is 3. The van der Waals surface area contributed by atoms with Crippen molar-refractivity contribution in [2.75, 3.05) is 26.2 Å². The second kappa shape index (κ2) is 11.9. The maximum Gasteiger partial charge on any atom is 0.407 e. The smallest absolute Gasteiger partial charge is 0.407 e. The highest BCUT2D eigenvalue weighted by molar-refractivity contribution is 14.0. The zero-order valence-corrected chi connectivity index (χ0v) is 18.1. The van der Waals surface area contributed by atoms with Crippen molar-refractivity contribution in [1.29, 1.82) is 0 Å². The number of aryl methyl sites for hydroxylation is 1. The highest BCUT2D eigenvalue weighted by Crippen LogP contribution is 2.05. The van der Waals surface area contributed by atoms with E-state index in [1.54, 1.807) is 4.68 Å². The van der Waals surface area contributed by atoms with E-state index >= 15 is 0 Å². The van der Waals surface area contributed by atoms with Gasteiger partial charge in [-0.3, -0.25) is 9.67 Å². The number of guanidine groups is 1. The van der Waals surface area contributed by atoms with Crippen LogP contribution in [0.4, 0.5) is 4.79 Å². The van der Waals surface area contributed by atoms with Crippen molar-refractivity contribution < 1.29 is 9.53 Å². The molecule has 0 fully saturated rings. The molecule has 0 saturated carbocycles. The van der Waals surface area contributed by atoms with Gasteiger partial charge in [0, 0.05) is 39.4 Å². The molecule has 0 atom stereocenters. The Morgan fingerprint density at radius 3 is 2.52 bits per heavy atom. The molecule has 0 aliphatic heterocycles. The highest BCUT2D eigenvalue weighted by atomic mass is 127. The second-order valence-electron chi connectivity index (χ2n) is 6.39. The summed E-state index contributed by atoms with van der Waals surface area (Å²) in [7, 11) is 1.90. The van der Waals surface area contributed by atoms with E-state index in [1.165, 1.54) is 0 Å². The van der Waals surface area contributed by atoms with E-state index in [4.69, 9.17) is 4.74 Å². The van der Waals surface area contributed by atoms with Crippen LogP contribution in [0.25, 0.3) is 0 Å². The van der Waals surface area contributed by atoms with Gasteiger partial charge in [-0.05, 0) is 39.7 Å². The van der Waals surface area contributed by atoms with E-state index in [0.29, 0.717) is 19.6 Å². The maximum atomic E-state index is 11.5. The topological polar surface area (TPSA) is 92.6 Å². The van der Waals surface area contributed by atoms with Gasteiger partial charge >= 0.3 is 6.09 Å². The van der Waals surface area contributed by atoms with Gasteiger partial charge in [0.2, 0.25) is 0 Å². The van der Waals surface area contributed by atoms with Gasteiger partial charge in [0.25, 0.3) is 0 Å². The molecule has 144 valence electrons. The van der Waals surface area contributed by atoms with Crippen LogP contribution in [0.2, 0.25) is 0 Å². The summed E-state index contributed by atoms with van der Waals surface area (Å²) in [4.78, 5) is 16.1. The number of aromatic nitrogens is 2. The lowest BCUT2D eigenvalue weighted by Crippen LogP contribution is -2.42. The first-order valence-electron chi connectivity index (χ1n) is 8.26. The summed E-state index contributed by atoms with van der Waals surface area (Å²) in [5.41, 5.74) is 0.670. The minimum atomic E-state index is -0.486. The Morgan fingerprint density at radius 2 is 1.96 bits per heavy atom. The fraction of sp³-hybridized carbons (Fsp3) is 0.688. The Balaban J connectivity index is 0.00000576. The molecule has 0 aliphatic carbocycles. The van der Waals surface area contributed by atoms with E-state index in [0.717, 1.165) is 24.5 Å². The third-order valence-corrected chi connectivity index (χ3v) is 2.86. The van der Waals surface area contributed by atoms with Gasteiger partial charge in [-0.2, -0.15) is 5.10 Å². The highest BCUT2D eigenvalue weighted by Gasteiger charge is 2.15. The quantitative estimate of drug-likeness (QED) is 0.246. The van der Waals surface area contributed by atoms with E-state index in [1.807, 2.05) is 47.1 Å². The van der Waals surface area contributed by atoms with E-state index < -0.39 is 11.7 Å². The Labute approximate surface area is 167 Å². The predicted octanol–water partition coefficient (Wildman–Crippen LogP) is 1.66. The molecule has 1 heterocycles. The first-order chi connectivity index (χ1) is 11.3. The number of nitrogens with one attached hydrogen (secondary N) is 3. The summed E-state index contributed by atoms with van der Waals surface area (Å²) < 4.78 is 6.96. The molecule has 0 spiro atoms. The number of carbonyl (C=O) groups excluding carboxylic acids is 1. The molecule has 0 radical (unpaired) electrons. The van der Waals surface area contributed by atoms with Crippen LogP contribution >= 0.6 is 24.0 Å². The van der Waals surface area contributed by atoms with Gasteiger partial charge in [-0.1, -0.05) is 0 Å². The van der Waals surface area contributed by atoms with Crippen LogP contribution in [-0.4, -0.2) is 53.6 Å². The van der Waals surface area contributed by atoms with Crippen molar-refractivity contribution >= 4 is 36.0 Å². The van der Waals surface area contributed by atoms with Crippen LogP contribution in [0.1, 0.15) is 33.3 Å². The molecule has 1 rings (SSSR count). The Kier molecular flexibility index (Phi) is 11.2. The van der Waals surface area contributed by atoms with Crippen LogP contribution in [0, 0.1) is 0 Å². The summed E-state index contributed by atoms with van der Waals surface area (Å²) in [6.45, 7) is 9.99. The van der Waals surface area contributed by atoms with Crippen molar-refractivity contribution in [2.45, 2.75) is 39.7 Å². The first kappa shape index (κ1) is 23.5. The van der Waals surface area contributed by atoms with Gasteiger partial charge in [0.1, 0.15) is 5.60 Å². The largest absolute Gasteiger partial charge is 0.444 e. The number of nitrogens with zero attached hydrogens (tertiary/aromatic N) is 3. The van der Waals surface area contributed by atoms with Crippen molar-refractivity contribution in [3.63, 3.8) is 0 Å². The van der Waals surface area contributed by atoms with Crippen LogP contribution in [-0.2, 0) is 18.2 Å². The number of amides is 1. The average Bonchev–Trinajstić information content (AvgIpc) is 2.87. The number of halogens is 1. The molecule has 0 bridgehead atoms. The molecule has 0 aliphatic rings. The fourth-order valence-electron chi connectivity index (χ4n) is 1.90. The number of carbonyl (C=O) groups is 1. The summed E-state index contributed by atoms with van der Waals surface area (Å²) in [5, 5.41) is 13.2. The number of aliphatic imine (C=N–C) groups is 1.